The molecule has 7 heteroatoms. The van der Waals surface area contributed by atoms with E-state index in [4.69, 9.17) is 10.5 Å². The largest absolute Gasteiger partial charge is 0.390 e. The summed E-state index contributed by atoms with van der Waals surface area (Å²) in [6, 6.07) is 1.40. The first-order valence-corrected chi connectivity index (χ1v) is 6.77. The van der Waals surface area contributed by atoms with Crippen molar-refractivity contribution in [3.63, 3.8) is 0 Å². The van der Waals surface area contributed by atoms with Gasteiger partial charge in [-0.2, -0.15) is 4.98 Å². The first-order chi connectivity index (χ1) is 9.78. The van der Waals surface area contributed by atoms with Gasteiger partial charge in [0.2, 0.25) is 0 Å². The van der Waals surface area contributed by atoms with Crippen LogP contribution in [0.1, 0.15) is 26.5 Å². The van der Waals surface area contributed by atoms with E-state index >= 15 is 4.39 Å². The monoisotopic (exact) mass is 297 g/mol. The molecule has 1 aliphatic heterocycles. The van der Waals surface area contributed by atoms with E-state index in [1.807, 2.05) is 0 Å². The molecule has 1 aliphatic rings. The number of anilines is 1. The third kappa shape index (κ3) is 2.71. The van der Waals surface area contributed by atoms with Crippen LogP contribution in [0.3, 0.4) is 0 Å². The fourth-order valence-electron chi connectivity index (χ4n) is 2.62. The lowest BCUT2D eigenvalue weighted by Gasteiger charge is -2.26. The lowest BCUT2D eigenvalue weighted by molar-refractivity contribution is -0.0831. The number of aliphatic hydroxyl groups is 1. The van der Waals surface area contributed by atoms with Crippen molar-refractivity contribution in [1.82, 2.24) is 9.55 Å². The highest BCUT2D eigenvalue weighted by molar-refractivity contribution is 5.23. The Labute approximate surface area is 122 Å². The Hall–Kier alpha value is -1.73. The number of halogens is 1. The lowest BCUT2D eigenvalue weighted by Crippen LogP contribution is -2.39. The Morgan fingerprint density at radius 1 is 1.76 bits per heavy atom. The summed E-state index contributed by atoms with van der Waals surface area (Å²) in [6.07, 6.45) is 0.412. The second-order valence-corrected chi connectivity index (χ2v) is 5.53. The second kappa shape index (κ2) is 5.57. The quantitative estimate of drug-likeness (QED) is 0.810. The third-order valence-corrected chi connectivity index (χ3v) is 4.04. The summed E-state index contributed by atoms with van der Waals surface area (Å²) in [4.78, 5) is 15.4. The van der Waals surface area contributed by atoms with Gasteiger partial charge in [-0.1, -0.05) is 13.0 Å². The van der Waals surface area contributed by atoms with Gasteiger partial charge in [0.25, 0.3) is 0 Å². The maximum atomic E-state index is 15.0. The summed E-state index contributed by atoms with van der Waals surface area (Å²) in [5.74, 6) is -0.534. The molecule has 0 unspecified atom stereocenters. The van der Waals surface area contributed by atoms with E-state index in [1.54, 1.807) is 13.0 Å². The van der Waals surface area contributed by atoms with Crippen molar-refractivity contribution >= 4 is 5.82 Å². The number of rotatable bonds is 4. The van der Waals surface area contributed by atoms with E-state index in [2.05, 4.69) is 11.6 Å². The molecule has 2 rings (SSSR count). The fraction of sp³-hybridized carbons (Fsp3) is 0.571. The number of nitrogens with two attached hydrogens (primary N) is 1. The first-order valence-electron chi connectivity index (χ1n) is 6.77. The minimum atomic E-state index is -1.82. The Kier molecular flexibility index (Phi) is 4.15. The van der Waals surface area contributed by atoms with Gasteiger partial charge in [0.05, 0.1) is 12.2 Å². The molecule has 1 fully saturated rings. The molecule has 0 aliphatic carbocycles. The van der Waals surface area contributed by atoms with Crippen LogP contribution in [0.2, 0.25) is 0 Å². The lowest BCUT2D eigenvalue weighted by atomic mass is 9.86. The fourth-order valence-corrected chi connectivity index (χ4v) is 2.62. The molecule has 21 heavy (non-hydrogen) atoms. The number of aromatic nitrogens is 2. The van der Waals surface area contributed by atoms with Gasteiger partial charge in [0.1, 0.15) is 5.82 Å². The minimum Gasteiger partial charge on any atom is -0.390 e. The molecule has 0 saturated carbocycles. The van der Waals surface area contributed by atoms with Crippen molar-refractivity contribution in [2.24, 2.45) is 5.92 Å². The van der Waals surface area contributed by atoms with Crippen molar-refractivity contribution in [3.05, 3.63) is 35.4 Å². The molecule has 0 bridgehead atoms. The van der Waals surface area contributed by atoms with Crippen LogP contribution in [-0.2, 0) is 4.74 Å². The standard InChI is InChI=1S/C14H20FN3O3/c1-4-5-9(19)11-8(2)14(3,15)12(21-11)18-7-6-10(16)17-13(18)20/h4,6-9,11-12,19H,1,5H2,2-3H3,(H2,16,17,20)/t8-,9+,11+,12-,14+/m1/s1. The smallest absolute Gasteiger partial charge is 0.351 e. The maximum absolute atomic E-state index is 15.0. The van der Waals surface area contributed by atoms with Crippen LogP contribution in [0.4, 0.5) is 10.2 Å². The highest BCUT2D eigenvalue weighted by Crippen LogP contribution is 2.46. The Balaban J connectivity index is 2.36. The first kappa shape index (κ1) is 15.7. The summed E-state index contributed by atoms with van der Waals surface area (Å²) in [7, 11) is 0. The SMILES string of the molecule is C=CC[C@H](O)[C@H]1O[C@@H](n2ccc(N)nc2=O)[C@@](C)(F)[C@@H]1C. The Bertz CT molecular complexity index is 587. The van der Waals surface area contributed by atoms with Gasteiger partial charge in [-0.05, 0) is 19.4 Å². The van der Waals surface area contributed by atoms with Crippen LogP contribution >= 0.6 is 0 Å². The predicted molar refractivity (Wildman–Crippen MR) is 76.3 cm³/mol. The van der Waals surface area contributed by atoms with Crippen molar-refractivity contribution in [2.75, 3.05) is 5.73 Å². The summed E-state index contributed by atoms with van der Waals surface area (Å²) in [5.41, 5.74) is 2.92. The summed E-state index contributed by atoms with van der Waals surface area (Å²) in [6.45, 7) is 6.54. The van der Waals surface area contributed by atoms with E-state index in [0.717, 1.165) is 4.57 Å². The molecule has 1 saturated heterocycles. The van der Waals surface area contributed by atoms with Crippen molar-refractivity contribution in [2.45, 2.75) is 44.4 Å². The molecule has 2 heterocycles. The van der Waals surface area contributed by atoms with Crippen molar-refractivity contribution in [3.8, 4) is 0 Å². The zero-order valence-electron chi connectivity index (χ0n) is 12.1. The molecule has 0 aromatic carbocycles. The molecular weight excluding hydrogens is 277 g/mol. The molecule has 0 spiro atoms. The maximum Gasteiger partial charge on any atom is 0.351 e. The van der Waals surface area contributed by atoms with E-state index in [9.17, 15) is 9.90 Å². The van der Waals surface area contributed by atoms with Gasteiger partial charge in [-0.25, -0.2) is 9.18 Å². The van der Waals surface area contributed by atoms with Crippen LogP contribution in [-0.4, -0.2) is 32.5 Å². The molecule has 116 valence electrons. The molecule has 3 N–H and O–H groups in total. The van der Waals surface area contributed by atoms with E-state index in [0.29, 0.717) is 0 Å². The molecule has 5 atom stereocenters. The zero-order chi connectivity index (χ0) is 15.8. The van der Waals surface area contributed by atoms with Crippen molar-refractivity contribution in [1.29, 1.82) is 0 Å². The molecule has 0 radical (unpaired) electrons. The van der Waals surface area contributed by atoms with Gasteiger partial charge >= 0.3 is 5.69 Å². The third-order valence-electron chi connectivity index (χ3n) is 4.04. The predicted octanol–water partition coefficient (Wildman–Crippen LogP) is 1.02. The van der Waals surface area contributed by atoms with Crippen LogP contribution in [0, 0.1) is 5.92 Å². The molecule has 6 nitrogen and oxygen atoms in total. The summed E-state index contributed by atoms with van der Waals surface area (Å²) in [5, 5.41) is 10.0. The summed E-state index contributed by atoms with van der Waals surface area (Å²) < 4.78 is 21.7. The Morgan fingerprint density at radius 3 is 3.00 bits per heavy atom. The average Bonchev–Trinajstić information content (AvgIpc) is 2.62. The van der Waals surface area contributed by atoms with Gasteiger partial charge in [-0.3, -0.25) is 4.57 Å². The number of nitrogens with zero attached hydrogens (tertiary/aromatic N) is 2. The van der Waals surface area contributed by atoms with Gasteiger partial charge in [0, 0.05) is 12.1 Å². The minimum absolute atomic E-state index is 0.0612. The normalized spacial score (nSPS) is 33.8. The van der Waals surface area contributed by atoms with E-state index in [1.165, 1.54) is 19.2 Å². The van der Waals surface area contributed by atoms with Crippen LogP contribution in [0.5, 0.6) is 0 Å². The number of hydrogen-bond acceptors (Lipinski definition) is 5. The van der Waals surface area contributed by atoms with Crippen LogP contribution in [0.15, 0.2) is 29.7 Å². The topological polar surface area (TPSA) is 90.4 Å². The van der Waals surface area contributed by atoms with E-state index < -0.39 is 35.7 Å². The average molecular weight is 297 g/mol. The second-order valence-electron chi connectivity index (χ2n) is 5.53. The molecular formula is C14H20FN3O3. The highest BCUT2D eigenvalue weighted by Gasteiger charge is 2.55. The van der Waals surface area contributed by atoms with Crippen LogP contribution in [0.25, 0.3) is 0 Å². The number of hydrogen-bond donors (Lipinski definition) is 2. The zero-order valence-corrected chi connectivity index (χ0v) is 12.1. The molecule has 0 amide bonds. The summed E-state index contributed by atoms with van der Waals surface area (Å²) >= 11 is 0. The van der Waals surface area contributed by atoms with Gasteiger partial charge in [-0.15, -0.1) is 6.58 Å². The van der Waals surface area contributed by atoms with E-state index in [-0.39, 0.29) is 12.2 Å². The number of ether oxygens (including phenoxy) is 1. The number of alkyl halides is 1. The van der Waals surface area contributed by atoms with Crippen LogP contribution < -0.4 is 11.4 Å². The number of aliphatic hydroxyl groups excluding tert-OH is 1. The highest BCUT2D eigenvalue weighted by atomic mass is 19.1. The van der Waals surface area contributed by atoms with Gasteiger partial charge in [0.15, 0.2) is 11.9 Å². The molecule has 1 aromatic rings. The number of nitrogen functional groups attached to an aromatic ring is 1. The van der Waals surface area contributed by atoms with Gasteiger partial charge < -0.3 is 15.6 Å². The van der Waals surface area contributed by atoms with Crippen molar-refractivity contribution < 1.29 is 14.2 Å². The molecule has 1 aromatic heterocycles. The Morgan fingerprint density at radius 2 is 2.43 bits per heavy atom.